The quantitative estimate of drug-likeness (QED) is 0.853. The Hall–Kier alpha value is -0.900. The lowest BCUT2D eigenvalue weighted by Gasteiger charge is -2.18. The monoisotopic (exact) mass is 222 g/mol. The van der Waals surface area contributed by atoms with Crippen molar-refractivity contribution in [3.8, 4) is 0 Å². The van der Waals surface area contributed by atoms with Crippen molar-refractivity contribution in [1.29, 1.82) is 0 Å². The second-order valence-corrected chi connectivity index (χ2v) is 4.80. The summed E-state index contributed by atoms with van der Waals surface area (Å²) in [6.45, 7) is 2.08. The molecule has 0 spiro atoms. The minimum absolute atomic E-state index is 0.0230. The normalized spacial score (nSPS) is 19.9. The highest BCUT2D eigenvalue weighted by molar-refractivity contribution is 5.03. The maximum atomic E-state index is 6.01. The van der Waals surface area contributed by atoms with Crippen LogP contribution in [0.25, 0.3) is 0 Å². The van der Waals surface area contributed by atoms with E-state index in [1.807, 2.05) is 11.7 Å². The number of nitrogens with two attached hydrogens (primary N) is 1. The van der Waals surface area contributed by atoms with Crippen LogP contribution in [0.5, 0.6) is 0 Å². The molecule has 1 atom stereocenters. The molecule has 1 unspecified atom stereocenters. The molecule has 2 rings (SSSR count). The van der Waals surface area contributed by atoms with Gasteiger partial charge in [0.05, 0.1) is 6.04 Å². The number of rotatable bonds is 3. The highest BCUT2D eigenvalue weighted by Gasteiger charge is 2.22. The average molecular weight is 222 g/mol. The van der Waals surface area contributed by atoms with Gasteiger partial charge >= 0.3 is 0 Å². The predicted molar refractivity (Wildman–Crippen MR) is 64.0 cm³/mol. The SMILES string of the molecule is CCC(N)c1nc(C2CCCCC2)nn1C. The maximum Gasteiger partial charge on any atom is 0.154 e. The first-order valence-corrected chi connectivity index (χ1v) is 6.38. The first-order valence-electron chi connectivity index (χ1n) is 6.38. The molecule has 1 aliphatic carbocycles. The van der Waals surface area contributed by atoms with Gasteiger partial charge in [-0.15, -0.1) is 0 Å². The van der Waals surface area contributed by atoms with Crippen molar-refractivity contribution in [3.63, 3.8) is 0 Å². The summed E-state index contributed by atoms with van der Waals surface area (Å²) < 4.78 is 1.86. The van der Waals surface area contributed by atoms with Crippen molar-refractivity contribution >= 4 is 0 Å². The fraction of sp³-hybridized carbons (Fsp3) is 0.833. The summed E-state index contributed by atoms with van der Waals surface area (Å²) in [6.07, 6.45) is 7.40. The van der Waals surface area contributed by atoms with Gasteiger partial charge in [0.2, 0.25) is 0 Å². The number of aryl methyl sites for hydroxylation is 1. The van der Waals surface area contributed by atoms with Crippen LogP contribution in [0, 0.1) is 0 Å². The van der Waals surface area contributed by atoms with E-state index < -0.39 is 0 Å². The van der Waals surface area contributed by atoms with Crippen molar-refractivity contribution in [1.82, 2.24) is 14.8 Å². The van der Waals surface area contributed by atoms with Gasteiger partial charge in [-0.3, -0.25) is 4.68 Å². The lowest BCUT2D eigenvalue weighted by atomic mass is 9.89. The van der Waals surface area contributed by atoms with E-state index in [0.29, 0.717) is 5.92 Å². The van der Waals surface area contributed by atoms with Crippen molar-refractivity contribution in [2.75, 3.05) is 0 Å². The Morgan fingerprint density at radius 1 is 1.38 bits per heavy atom. The van der Waals surface area contributed by atoms with Crippen LogP contribution in [-0.4, -0.2) is 14.8 Å². The van der Waals surface area contributed by atoms with Gasteiger partial charge in [-0.1, -0.05) is 26.2 Å². The van der Waals surface area contributed by atoms with E-state index in [9.17, 15) is 0 Å². The summed E-state index contributed by atoms with van der Waals surface area (Å²) in [5.41, 5.74) is 6.01. The fourth-order valence-electron chi connectivity index (χ4n) is 2.46. The second-order valence-electron chi connectivity index (χ2n) is 4.80. The Bertz CT molecular complexity index is 339. The smallest absolute Gasteiger partial charge is 0.154 e. The van der Waals surface area contributed by atoms with Gasteiger partial charge in [0.1, 0.15) is 5.82 Å². The Kier molecular flexibility index (Phi) is 3.59. The van der Waals surface area contributed by atoms with Gasteiger partial charge in [-0.05, 0) is 19.3 Å². The average Bonchev–Trinajstić information content (AvgIpc) is 2.71. The predicted octanol–water partition coefficient (Wildman–Crippen LogP) is 2.27. The van der Waals surface area contributed by atoms with Gasteiger partial charge in [-0.25, -0.2) is 4.98 Å². The Morgan fingerprint density at radius 3 is 2.69 bits per heavy atom. The third kappa shape index (κ3) is 2.26. The summed E-state index contributed by atoms with van der Waals surface area (Å²) in [6, 6.07) is 0.0230. The molecule has 4 nitrogen and oxygen atoms in total. The van der Waals surface area contributed by atoms with Crippen molar-refractivity contribution in [3.05, 3.63) is 11.6 Å². The summed E-state index contributed by atoms with van der Waals surface area (Å²) in [7, 11) is 1.95. The molecule has 0 radical (unpaired) electrons. The molecule has 1 saturated carbocycles. The molecule has 0 saturated heterocycles. The topological polar surface area (TPSA) is 56.7 Å². The molecule has 1 aliphatic rings. The maximum absolute atomic E-state index is 6.01. The Labute approximate surface area is 97.2 Å². The van der Waals surface area contributed by atoms with Crippen molar-refractivity contribution in [2.24, 2.45) is 12.8 Å². The van der Waals surface area contributed by atoms with E-state index >= 15 is 0 Å². The standard InChI is InChI=1S/C12H22N4/c1-3-10(13)12-14-11(15-16(12)2)9-7-5-4-6-8-9/h9-10H,3-8,13H2,1-2H3. The van der Waals surface area contributed by atoms with E-state index in [4.69, 9.17) is 5.73 Å². The molecule has 0 aliphatic heterocycles. The van der Waals surface area contributed by atoms with Crippen molar-refractivity contribution in [2.45, 2.75) is 57.4 Å². The van der Waals surface area contributed by atoms with Crippen LogP contribution < -0.4 is 5.73 Å². The van der Waals surface area contributed by atoms with Gasteiger partial charge in [0.25, 0.3) is 0 Å². The lowest BCUT2D eigenvalue weighted by Crippen LogP contribution is -2.14. The van der Waals surface area contributed by atoms with Crippen LogP contribution >= 0.6 is 0 Å². The zero-order valence-electron chi connectivity index (χ0n) is 10.3. The van der Waals surface area contributed by atoms with Crippen LogP contribution in [0.1, 0.15) is 69.1 Å². The Morgan fingerprint density at radius 2 is 2.06 bits per heavy atom. The van der Waals surface area contributed by atoms with Gasteiger partial charge in [0.15, 0.2) is 5.82 Å². The molecular formula is C12H22N4. The molecule has 1 heterocycles. The van der Waals surface area contributed by atoms with E-state index in [-0.39, 0.29) is 6.04 Å². The Balaban J connectivity index is 2.16. The highest BCUT2D eigenvalue weighted by Crippen LogP contribution is 2.31. The third-order valence-electron chi connectivity index (χ3n) is 3.55. The van der Waals surface area contributed by atoms with Crippen LogP contribution in [-0.2, 0) is 7.05 Å². The minimum atomic E-state index is 0.0230. The third-order valence-corrected chi connectivity index (χ3v) is 3.55. The summed E-state index contributed by atoms with van der Waals surface area (Å²) in [4.78, 5) is 4.63. The molecule has 0 amide bonds. The lowest BCUT2D eigenvalue weighted by molar-refractivity contribution is 0.427. The molecule has 0 bridgehead atoms. The molecule has 1 aromatic heterocycles. The zero-order valence-corrected chi connectivity index (χ0v) is 10.3. The summed E-state index contributed by atoms with van der Waals surface area (Å²) in [5.74, 6) is 2.52. The summed E-state index contributed by atoms with van der Waals surface area (Å²) in [5, 5.41) is 4.53. The van der Waals surface area contributed by atoms with Gasteiger partial charge in [-0.2, -0.15) is 5.10 Å². The second kappa shape index (κ2) is 4.95. The van der Waals surface area contributed by atoms with Crippen molar-refractivity contribution < 1.29 is 0 Å². The van der Waals surface area contributed by atoms with Gasteiger partial charge < -0.3 is 5.73 Å². The number of hydrogen-bond donors (Lipinski definition) is 1. The number of nitrogens with zero attached hydrogens (tertiary/aromatic N) is 3. The first-order chi connectivity index (χ1) is 7.72. The molecule has 1 fully saturated rings. The van der Waals surface area contributed by atoms with Crippen LogP contribution in [0.15, 0.2) is 0 Å². The van der Waals surface area contributed by atoms with E-state index in [0.717, 1.165) is 18.1 Å². The van der Waals surface area contributed by atoms with E-state index in [2.05, 4.69) is 17.0 Å². The molecule has 16 heavy (non-hydrogen) atoms. The molecule has 4 heteroatoms. The van der Waals surface area contributed by atoms with Crippen LogP contribution in [0.2, 0.25) is 0 Å². The fourth-order valence-corrected chi connectivity index (χ4v) is 2.46. The molecule has 0 aromatic carbocycles. The largest absolute Gasteiger partial charge is 0.321 e. The van der Waals surface area contributed by atoms with Crippen LogP contribution in [0.4, 0.5) is 0 Å². The molecular weight excluding hydrogens is 200 g/mol. The minimum Gasteiger partial charge on any atom is -0.321 e. The number of aromatic nitrogens is 3. The zero-order chi connectivity index (χ0) is 11.5. The van der Waals surface area contributed by atoms with E-state index in [1.54, 1.807) is 0 Å². The highest BCUT2D eigenvalue weighted by atomic mass is 15.3. The van der Waals surface area contributed by atoms with Gasteiger partial charge in [0, 0.05) is 13.0 Å². The first kappa shape index (κ1) is 11.6. The molecule has 2 N–H and O–H groups in total. The molecule has 1 aromatic rings. The summed E-state index contributed by atoms with van der Waals surface area (Å²) >= 11 is 0. The number of hydrogen-bond acceptors (Lipinski definition) is 3. The van der Waals surface area contributed by atoms with Crippen LogP contribution in [0.3, 0.4) is 0 Å². The van der Waals surface area contributed by atoms with E-state index in [1.165, 1.54) is 32.1 Å². The molecule has 90 valence electrons.